The maximum Gasteiger partial charge on any atom is 0.211 e. The van der Waals surface area contributed by atoms with Crippen LogP contribution in [0.1, 0.15) is 43.2 Å². The standard InChI is InChI=1S/C22H27N3/c1-16-9-12-19(13-10-16)25-21-15-17(2)11-14-20(21)23-22(25)24(3)18-7-5-4-6-8-18/h9-15,18H,4-8H2,1-3H3. The Labute approximate surface area is 150 Å². The van der Waals surface area contributed by atoms with Gasteiger partial charge in [0.2, 0.25) is 5.95 Å². The highest BCUT2D eigenvalue weighted by Gasteiger charge is 2.23. The number of hydrogen-bond donors (Lipinski definition) is 0. The van der Waals surface area contributed by atoms with Crippen LogP contribution in [0.15, 0.2) is 42.5 Å². The molecular weight excluding hydrogens is 306 g/mol. The lowest BCUT2D eigenvalue weighted by atomic mass is 9.95. The van der Waals surface area contributed by atoms with Gasteiger partial charge in [0, 0.05) is 18.8 Å². The molecular formula is C22H27N3. The van der Waals surface area contributed by atoms with Crippen LogP contribution in [0.2, 0.25) is 0 Å². The first-order valence-electron chi connectivity index (χ1n) is 9.42. The van der Waals surface area contributed by atoms with Gasteiger partial charge < -0.3 is 4.90 Å². The van der Waals surface area contributed by atoms with E-state index in [9.17, 15) is 0 Å². The number of benzene rings is 2. The quantitative estimate of drug-likeness (QED) is 0.639. The van der Waals surface area contributed by atoms with E-state index >= 15 is 0 Å². The minimum absolute atomic E-state index is 0.593. The Hall–Kier alpha value is -2.29. The molecule has 3 aromatic rings. The molecule has 1 heterocycles. The summed E-state index contributed by atoms with van der Waals surface area (Å²) < 4.78 is 2.33. The summed E-state index contributed by atoms with van der Waals surface area (Å²) in [6.07, 6.45) is 6.58. The Kier molecular flexibility index (Phi) is 4.24. The zero-order valence-electron chi connectivity index (χ0n) is 15.5. The minimum atomic E-state index is 0.593. The molecule has 1 fully saturated rings. The molecule has 0 N–H and O–H groups in total. The molecule has 0 bridgehead atoms. The average Bonchev–Trinajstić information content (AvgIpc) is 3.01. The van der Waals surface area contributed by atoms with Crippen LogP contribution in [-0.2, 0) is 0 Å². The van der Waals surface area contributed by atoms with Crippen molar-refractivity contribution in [1.29, 1.82) is 0 Å². The smallest absolute Gasteiger partial charge is 0.211 e. The first-order chi connectivity index (χ1) is 12.1. The number of imidazole rings is 1. The number of anilines is 1. The van der Waals surface area contributed by atoms with E-state index in [1.165, 1.54) is 54.4 Å². The molecule has 1 aliphatic carbocycles. The monoisotopic (exact) mass is 333 g/mol. The molecule has 25 heavy (non-hydrogen) atoms. The summed E-state index contributed by atoms with van der Waals surface area (Å²) >= 11 is 0. The Morgan fingerprint density at radius 2 is 1.60 bits per heavy atom. The van der Waals surface area contributed by atoms with Crippen molar-refractivity contribution in [2.24, 2.45) is 0 Å². The van der Waals surface area contributed by atoms with E-state index in [4.69, 9.17) is 4.98 Å². The van der Waals surface area contributed by atoms with E-state index in [0.717, 1.165) is 11.5 Å². The fraction of sp³-hybridized carbons (Fsp3) is 0.409. The van der Waals surface area contributed by atoms with Gasteiger partial charge in [-0.3, -0.25) is 4.57 Å². The zero-order chi connectivity index (χ0) is 17.4. The average molecular weight is 333 g/mol. The van der Waals surface area contributed by atoms with Crippen molar-refractivity contribution in [2.75, 3.05) is 11.9 Å². The van der Waals surface area contributed by atoms with Gasteiger partial charge in [-0.15, -0.1) is 0 Å². The van der Waals surface area contributed by atoms with E-state index in [2.05, 4.69) is 72.8 Å². The molecule has 0 aliphatic heterocycles. The SMILES string of the molecule is Cc1ccc(-n2c(N(C)C3CCCCC3)nc3ccc(C)cc32)cc1. The first kappa shape index (κ1) is 16.2. The lowest BCUT2D eigenvalue weighted by Crippen LogP contribution is -2.35. The van der Waals surface area contributed by atoms with Gasteiger partial charge in [0.25, 0.3) is 0 Å². The van der Waals surface area contributed by atoms with Crippen molar-refractivity contribution in [3.63, 3.8) is 0 Å². The highest BCUT2D eigenvalue weighted by Crippen LogP contribution is 2.31. The Bertz CT molecular complexity index is 870. The van der Waals surface area contributed by atoms with Crippen LogP contribution in [0, 0.1) is 13.8 Å². The van der Waals surface area contributed by atoms with Crippen molar-refractivity contribution in [2.45, 2.75) is 52.0 Å². The maximum atomic E-state index is 5.02. The normalized spacial score (nSPS) is 15.6. The van der Waals surface area contributed by atoms with Crippen molar-refractivity contribution >= 4 is 17.0 Å². The number of fused-ring (bicyclic) bond motifs is 1. The predicted molar refractivity (Wildman–Crippen MR) is 106 cm³/mol. The molecule has 0 saturated heterocycles. The van der Waals surface area contributed by atoms with Gasteiger partial charge in [0.05, 0.1) is 11.0 Å². The van der Waals surface area contributed by atoms with Crippen molar-refractivity contribution in [1.82, 2.24) is 9.55 Å². The van der Waals surface area contributed by atoms with Crippen LogP contribution in [0.5, 0.6) is 0 Å². The van der Waals surface area contributed by atoms with Crippen LogP contribution >= 0.6 is 0 Å². The number of hydrogen-bond acceptors (Lipinski definition) is 2. The summed E-state index contributed by atoms with van der Waals surface area (Å²) in [5, 5.41) is 0. The molecule has 2 aromatic carbocycles. The third-order valence-electron chi connectivity index (χ3n) is 5.52. The van der Waals surface area contributed by atoms with E-state index in [1.807, 2.05) is 0 Å². The number of aryl methyl sites for hydroxylation is 2. The molecule has 3 heteroatoms. The van der Waals surface area contributed by atoms with Gasteiger partial charge in [-0.05, 0) is 56.5 Å². The molecule has 0 radical (unpaired) electrons. The molecule has 0 amide bonds. The summed E-state index contributed by atoms with van der Waals surface area (Å²) in [4.78, 5) is 7.43. The van der Waals surface area contributed by atoms with Gasteiger partial charge in [-0.2, -0.15) is 0 Å². The first-order valence-corrected chi connectivity index (χ1v) is 9.42. The van der Waals surface area contributed by atoms with Crippen LogP contribution in [0.25, 0.3) is 16.7 Å². The maximum absolute atomic E-state index is 5.02. The molecule has 0 atom stereocenters. The molecule has 0 spiro atoms. The summed E-state index contributed by atoms with van der Waals surface area (Å²) in [5.74, 6) is 1.07. The van der Waals surface area contributed by atoms with Gasteiger partial charge in [0.1, 0.15) is 0 Å². The third kappa shape index (κ3) is 3.04. The van der Waals surface area contributed by atoms with Gasteiger partial charge in [-0.25, -0.2) is 4.98 Å². The fourth-order valence-corrected chi connectivity index (χ4v) is 3.99. The van der Waals surface area contributed by atoms with Gasteiger partial charge in [-0.1, -0.05) is 43.0 Å². The lowest BCUT2D eigenvalue weighted by molar-refractivity contribution is 0.423. The lowest BCUT2D eigenvalue weighted by Gasteiger charge is -2.32. The molecule has 1 aliphatic rings. The van der Waals surface area contributed by atoms with E-state index < -0.39 is 0 Å². The number of nitrogens with zero attached hydrogens (tertiary/aromatic N) is 3. The van der Waals surface area contributed by atoms with E-state index in [1.54, 1.807) is 0 Å². The highest BCUT2D eigenvalue weighted by atomic mass is 15.3. The molecule has 4 rings (SSSR count). The van der Waals surface area contributed by atoms with E-state index in [-0.39, 0.29) is 0 Å². The third-order valence-corrected chi connectivity index (χ3v) is 5.52. The Balaban J connectivity index is 1.87. The van der Waals surface area contributed by atoms with Crippen LogP contribution < -0.4 is 4.90 Å². The van der Waals surface area contributed by atoms with Crippen molar-refractivity contribution in [3.05, 3.63) is 53.6 Å². The molecule has 1 saturated carbocycles. The van der Waals surface area contributed by atoms with Crippen molar-refractivity contribution in [3.8, 4) is 5.69 Å². The predicted octanol–water partition coefficient (Wildman–Crippen LogP) is 5.41. The summed E-state index contributed by atoms with van der Waals surface area (Å²) in [5.41, 5.74) is 6.01. The Morgan fingerprint density at radius 1 is 0.920 bits per heavy atom. The largest absolute Gasteiger partial charge is 0.342 e. The van der Waals surface area contributed by atoms with Crippen LogP contribution in [0.3, 0.4) is 0 Å². The van der Waals surface area contributed by atoms with Crippen LogP contribution in [0.4, 0.5) is 5.95 Å². The molecule has 130 valence electrons. The molecule has 1 aromatic heterocycles. The number of rotatable bonds is 3. The zero-order valence-corrected chi connectivity index (χ0v) is 15.5. The molecule has 3 nitrogen and oxygen atoms in total. The topological polar surface area (TPSA) is 21.1 Å². The van der Waals surface area contributed by atoms with Gasteiger partial charge >= 0.3 is 0 Å². The fourth-order valence-electron chi connectivity index (χ4n) is 3.99. The second-order valence-electron chi connectivity index (χ2n) is 7.48. The second kappa shape index (κ2) is 6.55. The highest BCUT2D eigenvalue weighted by molar-refractivity contribution is 5.82. The van der Waals surface area contributed by atoms with Crippen LogP contribution in [-0.4, -0.2) is 22.6 Å². The van der Waals surface area contributed by atoms with Gasteiger partial charge in [0.15, 0.2) is 0 Å². The minimum Gasteiger partial charge on any atom is -0.342 e. The van der Waals surface area contributed by atoms with E-state index in [0.29, 0.717) is 6.04 Å². The summed E-state index contributed by atoms with van der Waals surface area (Å²) in [6, 6.07) is 15.9. The number of aromatic nitrogens is 2. The Morgan fingerprint density at radius 3 is 2.32 bits per heavy atom. The van der Waals surface area contributed by atoms with Crippen molar-refractivity contribution < 1.29 is 0 Å². The summed E-state index contributed by atoms with van der Waals surface area (Å²) in [6.45, 7) is 4.28. The summed E-state index contributed by atoms with van der Waals surface area (Å²) in [7, 11) is 2.22. The molecule has 0 unspecified atom stereocenters. The second-order valence-corrected chi connectivity index (χ2v) is 7.48.